The third kappa shape index (κ3) is 4.82. The van der Waals surface area contributed by atoms with Crippen molar-refractivity contribution in [2.45, 2.75) is 18.6 Å². The van der Waals surface area contributed by atoms with Crippen LogP contribution >= 0.6 is 23.2 Å². The Bertz CT molecular complexity index is 1220. The molecule has 1 unspecified atom stereocenters. The van der Waals surface area contributed by atoms with Gasteiger partial charge in [0.2, 0.25) is 0 Å². The summed E-state index contributed by atoms with van der Waals surface area (Å²) in [4.78, 5) is 26.2. The van der Waals surface area contributed by atoms with Gasteiger partial charge < -0.3 is 0 Å². The molecule has 33 heavy (non-hydrogen) atoms. The van der Waals surface area contributed by atoms with Crippen molar-refractivity contribution in [2.24, 2.45) is 0 Å². The number of rotatable bonds is 5. The van der Waals surface area contributed by atoms with Gasteiger partial charge in [-0.1, -0.05) is 77.8 Å². The van der Waals surface area contributed by atoms with Gasteiger partial charge in [0.25, 0.3) is 11.8 Å². The third-order valence-electron chi connectivity index (χ3n) is 5.34. The average molecular weight is 490 g/mol. The number of hydrogen-bond donors (Lipinski definition) is 0. The monoisotopic (exact) mass is 489 g/mol. The molecule has 1 aliphatic rings. The van der Waals surface area contributed by atoms with Crippen LogP contribution in [0.2, 0.25) is 10.0 Å². The van der Waals surface area contributed by atoms with E-state index in [0.717, 1.165) is 11.0 Å². The summed E-state index contributed by atoms with van der Waals surface area (Å²) < 4.78 is 40.9. The van der Waals surface area contributed by atoms with Crippen molar-refractivity contribution in [2.75, 3.05) is 0 Å². The van der Waals surface area contributed by atoms with Crippen LogP contribution < -0.4 is 0 Å². The first kappa shape index (κ1) is 23.1. The SMILES string of the molecule is O=C1c2ccccc2C(=O)N1Cc1ccc(/C=C/C(c2ccc(Cl)c(Cl)c2)C(F)(F)F)cc1. The van der Waals surface area contributed by atoms with Gasteiger partial charge in [0.15, 0.2) is 0 Å². The largest absolute Gasteiger partial charge is 0.399 e. The van der Waals surface area contributed by atoms with Gasteiger partial charge >= 0.3 is 6.18 Å². The fourth-order valence-corrected chi connectivity index (χ4v) is 3.93. The Balaban J connectivity index is 1.50. The zero-order chi connectivity index (χ0) is 23.8. The van der Waals surface area contributed by atoms with Crippen molar-refractivity contribution in [1.82, 2.24) is 4.90 Å². The number of amides is 2. The summed E-state index contributed by atoms with van der Waals surface area (Å²) in [6, 6.07) is 17.0. The van der Waals surface area contributed by atoms with Crippen LogP contribution in [0.1, 0.15) is 43.3 Å². The maximum atomic E-state index is 13.6. The number of halogens is 5. The van der Waals surface area contributed by atoms with Crippen molar-refractivity contribution in [1.29, 1.82) is 0 Å². The summed E-state index contributed by atoms with van der Waals surface area (Å²) in [7, 11) is 0. The quantitative estimate of drug-likeness (QED) is 0.357. The van der Waals surface area contributed by atoms with E-state index in [4.69, 9.17) is 23.2 Å². The summed E-state index contributed by atoms with van der Waals surface area (Å²) in [5.74, 6) is -2.59. The molecule has 1 aliphatic heterocycles. The Morgan fingerprint density at radius 2 is 1.45 bits per heavy atom. The molecular formula is C25H16Cl2F3NO2. The first-order valence-corrected chi connectivity index (χ1v) is 10.6. The molecule has 0 fully saturated rings. The van der Waals surface area contributed by atoms with E-state index in [1.807, 2.05) is 0 Å². The van der Waals surface area contributed by atoms with E-state index in [1.54, 1.807) is 48.5 Å². The van der Waals surface area contributed by atoms with Gasteiger partial charge in [-0.25, -0.2) is 0 Å². The molecule has 0 N–H and O–H groups in total. The minimum absolute atomic E-state index is 0.0182. The molecule has 1 heterocycles. The van der Waals surface area contributed by atoms with Crippen molar-refractivity contribution in [3.8, 4) is 0 Å². The molecular weight excluding hydrogens is 474 g/mol. The smallest absolute Gasteiger partial charge is 0.270 e. The predicted octanol–water partition coefficient (Wildman–Crippen LogP) is 7.15. The van der Waals surface area contributed by atoms with Crippen LogP contribution in [0.25, 0.3) is 6.08 Å². The highest BCUT2D eigenvalue weighted by molar-refractivity contribution is 6.42. The van der Waals surface area contributed by atoms with E-state index in [-0.39, 0.29) is 34.0 Å². The molecule has 168 valence electrons. The Morgan fingerprint density at radius 3 is 2.00 bits per heavy atom. The molecule has 4 rings (SSSR count). The zero-order valence-electron chi connectivity index (χ0n) is 16.9. The summed E-state index contributed by atoms with van der Waals surface area (Å²) in [6.07, 6.45) is -2.09. The number of hydrogen-bond acceptors (Lipinski definition) is 2. The summed E-state index contributed by atoms with van der Waals surface area (Å²) in [6.45, 7) is 0.0742. The lowest BCUT2D eigenvalue weighted by atomic mass is 9.97. The minimum atomic E-state index is -4.51. The highest BCUT2D eigenvalue weighted by Gasteiger charge is 2.39. The Morgan fingerprint density at radius 1 is 0.848 bits per heavy atom. The number of carbonyl (C=O) groups is 2. The van der Waals surface area contributed by atoms with E-state index < -0.39 is 12.1 Å². The number of benzene rings is 3. The lowest BCUT2D eigenvalue weighted by molar-refractivity contribution is -0.139. The van der Waals surface area contributed by atoms with Crippen LogP contribution in [-0.2, 0) is 6.54 Å². The molecule has 3 aromatic rings. The second-order valence-electron chi connectivity index (χ2n) is 7.54. The molecule has 0 aliphatic carbocycles. The van der Waals surface area contributed by atoms with Crippen molar-refractivity contribution in [3.63, 3.8) is 0 Å². The van der Waals surface area contributed by atoms with Gasteiger partial charge in [-0.3, -0.25) is 14.5 Å². The second-order valence-corrected chi connectivity index (χ2v) is 8.35. The minimum Gasteiger partial charge on any atom is -0.270 e. The number of allylic oxidation sites excluding steroid dienone is 1. The number of imide groups is 1. The Hall–Kier alpha value is -3.09. The van der Waals surface area contributed by atoms with Crippen LogP contribution in [0, 0.1) is 0 Å². The van der Waals surface area contributed by atoms with Crippen LogP contribution in [0.15, 0.2) is 72.8 Å². The lowest BCUT2D eigenvalue weighted by Crippen LogP contribution is -2.29. The zero-order valence-corrected chi connectivity index (χ0v) is 18.5. The van der Waals surface area contributed by atoms with E-state index in [1.165, 1.54) is 24.3 Å². The van der Waals surface area contributed by atoms with Gasteiger partial charge in [0.05, 0.1) is 33.6 Å². The average Bonchev–Trinajstić information content (AvgIpc) is 3.01. The molecule has 2 amide bonds. The van der Waals surface area contributed by atoms with E-state index >= 15 is 0 Å². The van der Waals surface area contributed by atoms with Gasteiger partial charge in [-0.15, -0.1) is 0 Å². The predicted molar refractivity (Wildman–Crippen MR) is 121 cm³/mol. The van der Waals surface area contributed by atoms with Crippen LogP contribution in [0.3, 0.4) is 0 Å². The van der Waals surface area contributed by atoms with Gasteiger partial charge in [-0.05, 0) is 41.0 Å². The summed E-state index contributed by atoms with van der Waals surface area (Å²) in [5.41, 5.74) is 1.93. The summed E-state index contributed by atoms with van der Waals surface area (Å²) >= 11 is 11.7. The first-order valence-electron chi connectivity index (χ1n) is 9.89. The Labute approximate surface area is 198 Å². The topological polar surface area (TPSA) is 37.4 Å². The molecule has 0 aromatic heterocycles. The maximum Gasteiger partial charge on any atom is 0.399 e. The van der Waals surface area contributed by atoms with Crippen LogP contribution in [-0.4, -0.2) is 22.9 Å². The standard InChI is InChI=1S/C25H16Cl2F3NO2/c26-21-12-10-17(13-22(21)27)20(25(28,29)30)11-9-15-5-7-16(8-6-15)14-31-23(32)18-3-1-2-4-19(18)24(31)33/h1-13,20H,14H2/b11-9+. The normalized spacial score (nSPS) is 14.8. The third-order valence-corrected chi connectivity index (χ3v) is 6.07. The second kappa shape index (κ2) is 9.04. The lowest BCUT2D eigenvalue weighted by Gasteiger charge is -2.18. The highest BCUT2D eigenvalue weighted by atomic mass is 35.5. The van der Waals surface area contributed by atoms with Crippen molar-refractivity contribution in [3.05, 3.63) is 111 Å². The molecule has 0 bridgehead atoms. The highest BCUT2D eigenvalue weighted by Crippen LogP contribution is 2.38. The Kier molecular flexibility index (Phi) is 6.32. The molecule has 8 heteroatoms. The van der Waals surface area contributed by atoms with Crippen LogP contribution in [0.4, 0.5) is 13.2 Å². The van der Waals surface area contributed by atoms with Crippen LogP contribution in [0.5, 0.6) is 0 Å². The number of fused-ring (bicyclic) bond motifs is 1. The maximum absolute atomic E-state index is 13.6. The first-order chi connectivity index (χ1) is 15.6. The van der Waals surface area contributed by atoms with Gasteiger partial charge in [0, 0.05) is 0 Å². The van der Waals surface area contributed by atoms with Crippen molar-refractivity contribution >= 4 is 41.1 Å². The number of alkyl halides is 3. The van der Waals surface area contributed by atoms with E-state index in [0.29, 0.717) is 22.3 Å². The van der Waals surface area contributed by atoms with Crippen molar-refractivity contribution < 1.29 is 22.8 Å². The number of nitrogens with zero attached hydrogens (tertiary/aromatic N) is 1. The van der Waals surface area contributed by atoms with E-state index in [2.05, 4.69) is 0 Å². The molecule has 1 atom stereocenters. The fourth-order valence-electron chi connectivity index (χ4n) is 3.62. The summed E-state index contributed by atoms with van der Waals surface area (Å²) in [5, 5.41) is 0.230. The number of carbonyl (C=O) groups excluding carboxylic acids is 2. The molecule has 0 radical (unpaired) electrons. The molecule has 3 aromatic carbocycles. The molecule has 0 saturated heterocycles. The fraction of sp³-hybridized carbons (Fsp3) is 0.120. The molecule has 0 saturated carbocycles. The van der Waals surface area contributed by atoms with E-state index in [9.17, 15) is 22.8 Å². The van der Waals surface area contributed by atoms with Gasteiger partial charge in [-0.2, -0.15) is 13.2 Å². The molecule has 0 spiro atoms. The molecule has 3 nitrogen and oxygen atoms in total. The van der Waals surface area contributed by atoms with Gasteiger partial charge in [0.1, 0.15) is 0 Å².